The predicted molar refractivity (Wildman–Crippen MR) is 79.9 cm³/mol. The van der Waals surface area contributed by atoms with Gasteiger partial charge in [0.1, 0.15) is 0 Å². The summed E-state index contributed by atoms with van der Waals surface area (Å²) in [6.45, 7) is 6.49. The molecule has 0 heterocycles. The van der Waals surface area contributed by atoms with Crippen molar-refractivity contribution in [2.24, 2.45) is 5.73 Å². The summed E-state index contributed by atoms with van der Waals surface area (Å²) >= 11 is 0. The van der Waals surface area contributed by atoms with Gasteiger partial charge in [-0.05, 0) is 50.9 Å². The average molecular weight is 248 g/mol. The number of rotatable bonds is 8. The Morgan fingerprint density at radius 1 is 1.06 bits per heavy atom. The maximum absolute atomic E-state index is 5.77. The van der Waals surface area contributed by atoms with E-state index in [1.807, 2.05) is 0 Å². The Labute approximate surface area is 112 Å². The van der Waals surface area contributed by atoms with Crippen LogP contribution < -0.4 is 5.73 Å². The largest absolute Gasteiger partial charge is 0.328 e. The predicted octanol–water partition coefficient (Wildman–Crippen LogP) is 2.85. The number of hydrogen-bond acceptors (Lipinski definition) is 2. The molecule has 2 nitrogen and oxygen atoms in total. The molecule has 2 heteroatoms. The fourth-order valence-electron chi connectivity index (χ4n) is 2.02. The lowest BCUT2D eigenvalue weighted by Gasteiger charge is -2.17. The quantitative estimate of drug-likeness (QED) is 0.766. The lowest BCUT2D eigenvalue weighted by atomic mass is 10.1. The lowest BCUT2D eigenvalue weighted by Crippen LogP contribution is -2.27. The minimum atomic E-state index is 0.306. The van der Waals surface area contributed by atoms with Gasteiger partial charge in [0, 0.05) is 12.6 Å². The van der Waals surface area contributed by atoms with E-state index in [0.29, 0.717) is 6.04 Å². The van der Waals surface area contributed by atoms with Crippen LogP contribution in [-0.4, -0.2) is 31.1 Å². The molecule has 0 bridgehead atoms. The Hall–Kier alpha value is -0.860. The van der Waals surface area contributed by atoms with Crippen LogP contribution in [0, 0.1) is 0 Å². The van der Waals surface area contributed by atoms with Crippen LogP contribution in [-0.2, 0) is 12.8 Å². The first-order chi connectivity index (χ1) is 8.61. The molecule has 0 saturated heterocycles. The van der Waals surface area contributed by atoms with E-state index in [1.54, 1.807) is 0 Å². The number of hydrogen-bond donors (Lipinski definition) is 1. The molecule has 0 aromatic heterocycles. The summed E-state index contributed by atoms with van der Waals surface area (Å²) in [6, 6.07) is 9.37. The zero-order chi connectivity index (χ0) is 13.4. The van der Waals surface area contributed by atoms with E-state index in [4.69, 9.17) is 5.73 Å². The van der Waals surface area contributed by atoms with Gasteiger partial charge in [0.15, 0.2) is 0 Å². The highest BCUT2D eigenvalue weighted by atomic mass is 15.1. The van der Waals surface area contributed by atoms with Crippen LogP contribution >= 0.6 is 0 Å². The van der Waals surface area contributed by atoms with Crippen LogP contribution in [0.1, 0.15) is 37.8 Å². The van der Waals surface area contributed by atoms with E-state index in [0.717, 1.165) is 25.9 Å². The highest BCUT2D eigenvalue weighted by Crippen LogP contribution is 2.07. The first-order valence-electron chi connectivity index (χ1n) is 7.13. The molecular formula is C16H28N2. The van der Waals surface area contributed by atoms with Gasteiger partial charge in [-0.3, -0.25) is 0 Å². The molecular weight excluding hydrogens is 220 g/mol. The third kappa shape index (κ3) is 6.18. The molecule has 0 spiro atoms. The average Bonchev–Trinajstić information content (AvgIpc) is 2.36. The first-order valence-corrected chi connectivity index (χ1v) is 7.13. The molecule has 2 N–H and O–H groups in total. The number of nitrogens with zero attached hydrogens (tertiary/aromatic N) is 1. The molecule has 1 atom stereocenters. The van der Waals surface area contributed by atoms with Crippen LogP contribution in [0.2, 0.25) is 0 Å². The van der Waals surface area contributed by atoms with Gasteiger partial charge in [-0.1, -0.05) is 37.6 Å². The van der Waals surface area contributed by atoms with Crippen molar-refractivity contribution in [3.05, 3.63) is 35.4 Å². The fraction of sp³-hybridized carbons (Fsp3) is 0.625. The summed E-state index contributed by atoms with van der Waals surface area (Å²) in [4.78, 5) is 2.36. The van der Waals surface area contributed by atoms with E-state index >= 15 is 0 Å². The Morgan fingerprint density at radius 2 is 1.61 bits per heavy atom. The van der Waals surface area contributed by atoms with Crippen molar-refractivity contribution in [3.8, 4) is 0 Å². The van der Waals surface area contributed by atoms with Crippen LogP contribution in [0.15, 0.2) is 24.3 Å². The lowest BCUT2D eigenvalue weighted by molar-refractivity contribution is 0.324. The number of nitrogens with two attached hydrogens (primary N) is 1. The van der Waals surface area contributed by atoms with Crippen LogP contribution in [0.4, 0.5) is 0 Å². The minimum Gasteiger partial charge on any atom is -0.328 e. The third-order valence-corrected chi connectivity index (χ3v) is 3.31. The zero-order valence-corrected chi connectivity index (χ0v) is 12.2. The number of benzene rings is 1. The van der Waals surface area contributed by atoms with Gasteiger partial charge in [-0.25, -0.2) is 0 Å². The van der Waals surface area contributed by atoms with Gasteiger partial charge in [0.2, 0.25) is 0 Å². The molecule has 0 fully saturated rings. The van der Waals surface area contributed by atoms with Crippen molar-refractivity contribution in [3.63, 3.8) is 0 Å². The van der Waals surface area contributed by atoms with Crippen molar-refractivity contribution >= 4 is 0 Å². The maximum atomic E-state index is 5.77. The SMILES string of the molecule is CCCc1ccc(CCN(C)CCC(C)N)cc1. The smallest absolute Gasteiger partial charge is 0.00226 e. The molecule has 0 amide bonds. The highest BCUT2D eigenvalue weighted by molar-refractivity contribution is 5.22. The summed E-state index contributed by atoms with van der Waals surface area (Å²) in [6.07, 6.45) is 4.61. The first kappa shape index (κ1) is 15.2. The van der Waals surface area contributed by atoms with Gasteiger partial charge in [-0.2, -0.15) is 0 Å². The second-order valence-corrected chi connectivity index (χ2v) is 5.39. The summed E-state index contributed by atoms with van der Waals surface area (Å²) in [7, 11) is 2.17. The molecule has 18 heavy (non-hydrogen) atoms. The summed E-state index contributed by atoms with van der Waals surface area (Å²) in [5.74, 6) is 0. The van der Waals surface area contributed by atoms with E-state index in [-0.39, 0.29) is 0 Å². The summed E-state index contributed by atoms with van der Waals surface area (Å²) in [5.41, 5.74) is 8.65. The van der Waals surface area contributed by atoms with Crippen molar-refractivity contribution in [2.75, 3.05) is 20.1 Å². The van der Waals surface area contributed by atoms with E-state index in [9.17, 15) is 0 Å². The normalized spacial score (nSPS) is 12.9. The number of aryl methyl sites for hydroxylation is 1. The standard InChI is InChI=1S/C16H28N2/c1-4-5-15-6-8-16(9-7-15)11-13-18(3)12-10-14(2)17/h6-9,14H,4-5,10-13,17H2,1-3H3. The molecule has 1 aromatic carbocycles. The van der Waals surface area contributed by atoms with Crippen LogP contribution in [0.25, 0.3) is 0 Å². The van der Waals surface area contributed by atoms with Gasteiger partial charge in [0.05, 0.1) is 0 Å². The molecule has 0 aliphatic carbocycles. The Morgan fingerprint density at radius 3 is 2.11 bits per heavy atom. The van der Waals surface area contributed by atoms with Crippen molar-refractivity contribution in [1.29, 1.82) is 0 Å². The molecule has 102 valence electrons. The monoisotopic (exact) mass is 248 g/mol. The van der Waals surface area contributed by atoms with Gasteiger partial charge < -0.3 is 10.6 Å². The molecule has 1 rings (SSSR count). The number of likely N-dealkylation sites (N-methyl/N-ethyl adjacent to an activating group) is 1. The molecule has 0 saturated carbocycles. The van der Waals surface area contributed by atoms with E-state index < -0.39 is 0 Å². The topological polar surface area (TPSA) is 29.3 Å². The second-order valence-electron chi connectivity index (χ2n) is 5.39. The molecule has 0 radical (unpaired) electrons. The van der Waals surface area contributed by atoms with E-state index in [2.05, 4.69) is 50.1 Å². The molecule has 0 aliphatic rings. The Bertz CT molecular complexity index is 316. The zero-order valence-electron chi connectivity index (χ0n) is 12.2. The van der Waals surface area contributed by atoms with Crippen LogP contribution in [0.3, 0.4) is 0 Å². The van der Waals surface area contributed by atoms with Crippen molar-refractivity contribution < 1.29 is 0 Å². The van der Waals surface area contributed by atoms with Gasteiger partial charge >= 0.3 is 0 Å². The third-order valence-electron chi connectivity index (χ3n) is 3.31. The van der Waals surface area contributed by atoms with Crippen molar-refractivity contribution in [2.45, 2.75) is 45.6 Å². The van der Waals surface area contributed by atoms with Crippen LogP contribution in [0.5, 0.6) is 0 Å². The highest BCUT2D eigenvalue weighted by Gasteiger charge is 2.01. The summed E-state index contributed by atoms with van der Waals surface area (Å²) in [5, 5.41) is 0. The minimum absolute atomic E-state index is 0.306. The molecule has 1 unspecified atom stereocenters. The molecule has 1 aromatic rings. The second kappa shape index (κ2) is 8.28. The molecule has 0 aliphatic heterocycles. The van der Waals surface area contributed by atoms with Gasteiger partial charge in [-0.15, -0.1) is 0 Å². The van der Waals surface area contributed by atoms with Gasteiger partial charge in [0.25, 0.3) is 0 Å². The Balaban J connectivity index is 2.29. The van der Waals surface area contributed by atoms with Crippen molar-refractivity contribution in [1.82, 2.24) is 4.90 Å². The fourth-order valence-corrected chi connectivity index (χ4v) is 2.02. The maximum Gasteiger partial charge on any atom is 0.00226 e. The Kier molecular flexibility index (Phi) is 6.99. The van der Waals surface area contributed by atoms with E-state index in [1.165, 1.54) is 24.0 Å². The summed E-state index contributed by atoms with van der Waals surface area (Å²) < 4.78 is 0.